The van der Waals surface area contributed by atoms with E-state index in [0.717, 1.165) is 0 Å². The van der Waals surface area contributed by atoms with E-state index in [9.17, 15) is 0 Å². The molecule has 0 saturated heterocycles. The summed E-state index contributed by atoms with van der Waals surface area (Å²) in [7, 11) is 0. The average Bonchev–Trinajstić information content (AvgIpc) is 3.37. The summed E-state index contributed by atoms with van der Waals surface area (Å²) in [6.45, 7) is 9.40. The molecule has 0 amide bonds. The maximum Gasteiger partial charge on any atom is 0.256 e. The van der Waals surface area contributed by atoms with Crippen LogP contribution in [0.15, 0.2) is 12.4 Å². The molecule has 0 bridgehead atoms. The second kappa shape index (κ2) is 30.7. The third kappa shape index (κ3) is 23.4. The molecule has 0 aromatic carbocycles. The molecular formula is C39H77N2+. The summed E-state index contributed by atoms with van der Waals surface area (Å²) in [6, 6.07) is 0. The van der Waals surface area contributed by atoms with Gasteiger partial charge in [0.1, 0.15) is 12.4 Å². The Labute approximate surface area is 259 Å². The number of nitrogens with zero attached hydrogens (tertiary/aromatic N) is 2. The zero-order chi connectivity index (χ0) is 29.5. The van der Waals surface area contributed by atoms with Crippen molar-refractivity contribution in [3.63, 3.8) is 0 Å². The predicted molar refractivity (Wildman–Crippen MR) is 184 cm³/mol. The van der Waals surface area contributed by atoms with Crippen LogP contribution >= 0.6 is 0 Å². The fraction of sp³-hybridized carbons (Fsp3) is 0.923. The lowest BCUT2D eigenvalue weighted by molar-refractivity contribution is -0.704. The van der Waals surface area contributed by atoms with Crippen LogP contribution in [0.3, 0.4) is 0 Å². The highest BCUT2D eigenvalue weighted by atomic mass is 15.1. The second-order valence-electron chi connectivity index (χ2n) is 13.4. The summed E-state index contributed by atoms with van der Waals surface area (Å²) in [6.07, 6.45) is 48.9. The molecule has 0 unspecified atom stereocenters. The predicted octanol–water partition coefficient (Wildman–Crippen LogP) is 13.1. The number of hydrogen-bond acceptors (Lipinski definition) is 0. The molecule has 0 spiro atoms. The van der Waals surface area contributed by atoms with Gasteiger partial charge in [-0.25, -0.2) is 9.13 Å². The highest BCUT2D eigenvalue weighted by Crippen LogP contribution is 2.15. The van der Waals surface area contributed by atoms with Gasteiger partial charge in [0.05, 0.1) is 13.1 Å². The van der Waals surface area contributed by atoms with Gasteiger partial charge in [-0.15, -0.1) is 0 Å². The Bertz CT molecular complexity index is 634. The Morgan fingerprint density at radius 1 is 0.415 bits per heavy atom. The van der Waals surface area contributed by atoms with Crippen LogP contribution in [-0.4, -0.2) is 4.57 Å². The summed E-state index contributed by atoms with van der Waals surface area (Å²) in [5.41, 5.74) is 0. The minimum atomic E-state index is 1.23. The van der Waals surface area contributed by atoms with E-state index in [1.807, 2.05) is 0 Å². The van der Waals surface area contributed by atoms with E-state index in [-0.39, 0.29) is 0 Å². The van der Waals surface area contributed by atoms with Crippen LogP contribution in [0.1, 0.15) is 219 Å². The topological polar surface area (TPSA) is 8.81 Å². The van der Waals surface area contributed by atoms with Gasteiger partial charge in [0.2, 0.25) is 0 Å². The molecule has 0 aliphatic rings. The van der Waals surface area contributed by atoms with Crippen molar-refractivity contribution in [2.75, 3.05) is 0 Å². The van der Waals surface area contributed by atoms with Crippen molar-refractivity contribution < 1.29 is 4.57 Å². The first-order valence-electron chi connectivity index (χ1n) is 19.4. The highest BCUT2D eigenvalue weighted by molar-refractivity contribution is 4.84. The van der Waals surface area contributed by atoms with Crippen molar-refractivity contribution in [3.8, 4) is 0 Å². The van der Waals surface area contributed by atoms with Crippen LogP contribution < -0.4 is 4.57 Å². The first-order chi connectivity index (χ1) is 20.3. The van der Waals surface area contributed by atoms with Crippen molar-refractivity contribution in [1.82, 2.24) is 4.57 Å². The van der Waals surface area contributed by atoms with Gasteiger partial charge in [0, 0.05) is 6.42 Å². The molecule has 2 heteroatoms. The van der Waals surface area contributed by atoms with E-state index < -0.39 is 0 Å². The molecule has 0 radical (unpaired) electrons. The average molecular weight is 574 g/mol. The van der Waals surface area contributed by atoms with Gasteiger partial charge in [-0.3, -0.25) is 0 Å². The maximum absolute atomic E-state index is 2.63. The zero-order valence-corrected chi connectivity index (χ0v) is 28.9. The van der Waals surface area contributed by atoms with Crippen molar-refractivity contribution in [2.24, 2.45) is 0 Å². The van der Waals surface area contributed by atoms with Crippen LogP contribution in [-0.2, 0) is 19.5 Å². The molecule has 1 aromatic heterocycles. The molecule has 0 fully saturated rings. The largest absolute Gasteiger partial charge is 0.256 e. The molecule has 1 rings (SSSR count). The van der Waals surface area contributed by atoms with Gasteiger partial charge in [0.25, 0.3) is 5.82 Å². The van der Waals surface area contributed by atoms with Crippen molar-refractivity contribution in [2.45, 2.75) is 233 Å². The van der Waals surface area contributed by atoms with E-state index in [4.69, 9.17) is 0 Å². The fourth-order valence-electron chi connectivity index (χ4n) is 6.50. The zero-order valence-electron chi connectivity index (χ0n) is 28.9. The van der Waals surface area contributed by atoms with Crippen molar-refractivity contribution >= 4 is 0 Å². The van der Waals surface area contributed by atoms with E-state index >= 15 is 0 Å². The number of aryl methyl sites for hydroxylation is 2. The molecule has 0 atom stereocenters. The number of imidazole rings is 1. The summed E-state index contributed by atoms with van der Waals surface area (Å²) < 4.78 is 5.25. The first kappa shape index (κ1) is 38.2. The quantitative estimate of drug-likeness (QED) is 0.0584. The highest BCUT2D eigenvalue weighted by Gasteiger charge is 2.16. The SMILES string of the molecule is CCCCCCCCCCCCCCCCC[n+]1ccn(CCCCCCCC)c1CCCCCCCCCCC. The van der Waals surface area contributed by atoms with Crippen LogP contribution in [0.2, 0.25) is 0 Å². The van der Waals surface area contributed by atoms with Gasteiger partial charge in [-0.1, -0.05) is 181 Å². The Morgan fingerprint density at radius 3 is 1.17 bits per heavy atom. The second-order valence-corrected chi connectivity index (χ2v) is 13.4. The Balaban J connectivity index is 2.23. The monoisotopic (exact) mass is 574 g/mol. The molecule has 242 valence electrons. The summed E-state index contributed by atoms with van der Waals surface area (Å²) in [4.78, 5) is 0. The van der Waals surface area contributed by atoms with Crippen LogP contribution in [0.4, 0.5) is 0 Å². The fourth-order valence-corrected chi connectivity index (χ4v) is 6.50. The maximum atomic E-state index is 2.63. The lowest BCUT2D eigenvalue weighted by Crippen LogP contribution is -2.37. The van der Waals surface area contributed by atoms with E-state index in [1.54, 1.807) is 5.82 Å². The first-order valence-corrected chi connectivity index (χ1v) is 19.4. The van der Waals surface area contributed by atoms with E-state index in [1.165, 1.54) is 212 Å². The molecule has 2 nitrogen and oxygen atoms in total. The lowest BCUT2D eigenvalue weighted by atomic mass is 10.0. The molecular weight excluding hydrogens is 496 g/mol. The Morgan fingerprint density at radius 2 is 0.756 bits per heavy atom. The van der Waals surface area contributed by atoms with Crippen molar-refractivity contribution in [1.29, 1.82) is 0 Å². The van der Waals surface area contributed by atoms with Gasteiger partial charge in [0.15, 0.2) is 0 Å². The molecule has 41 heavy (non-hydrogen) atoms. The minimum Gasteiger partial charge on any atom is -0.234 e. The third-order valence-corrected chi connectivity index (χ3v) is 9.35. The van der Waals surface area contributed by atoms with Crippen molar-refractivity contribution in [3.05, 3.63) is 18.2 Å². The molecule has 0 N–H and O–H groups in total. The van der Waals surface area contributed by atoms with Crippen LogP contribution in [0.25, 0.3) is 0 Å². The summed E-state index contributed by atoms with van der Waals surface area (Å²) in [5, 5.41) is 0. The standard InChI is InChI=1S/C39H77N2/c1-4-7-10-13-16-18-19-20-21-22-23-25-27-30-33-36-41-38-37-40(35-32-29-15-12-9-6-3)39(41)34-31-28-26-24-17-14-11-8-5-2/h37-38H,4-36H2,1-3H3/q+1. The summed E-state index contributed by atoms with van der Waals surface area (Å²) in [5.74, 6) is 1.62. The molecule has 1 aromatic rings. The van der Waals surface area contributed by atoms with Crippen LogP contribution in [0, 0.1) is 0 Å². The van der Waals surface area contributed by atoms with E-state index in [0.29, 0.717) is 0 Å². The van der Waals surface area contributed by atoms with Gasteiger partial charge in [-0.2, -0.15) is 0 Å². The van der Waals surface area contributed by atoms with Gasteiger partial charge >= 0.3 is 0 Å². The van der Waals surface area contributed by atoms with E-state index in [2.05, 4.69) is 42.3 Å². The molecule has 1 heterocycles. The molecule has 0 saturated carbocycles. The van der Waals surface area contributed by atoms with Crippen LogP contribution in [0.5, 0.6) is 0 Å². The summed E-state index contributed by atoms with van der Waals surface area (Å²) >= 11 is 0. The minimum absolute atomic E-state index is 1.23. The number of aromatic nitrogens is 2. The smallest absolute Gasteiger partial charge is 0.234 e. The Kier molecular flexibility index (Phi) is 28.6. The number of rotatable bonds is 33. The number of unbranched alkanes of at least 4 members (excludes halogenated alkanes) is 27. The third-order valence-electron chi connectivity index (χ3n) is 9.35. The number of hydrogen-bond donors (Lipinski definition) is 0. The molecule has 0 aliphatic heterocycles. The lowest BCUT2D eigenvalue weighted by Gasteiger charge is -2.07. The normalized spacial score (nSPS) is 11.6. The Hall–Kier alpha value is -0.790. The van der Waals surface area contributed by atoms with Gasteiger partial charge < -0.3 is 0 Å². The van der Waals surface area contributed by atoms with Gasteiger partial charge in [-0.05, 0) is 32.1 Å². The molecule has 0 aliphatic carbocycles.